The maximum Gasteiger partial charge on any atom is 0.417 e. The molecule has 0 atom stereocenters. The standard InChI is InChI=1S/C15H16F3N3O3/c1-3-11-6-12(24-19-11)8-20(2)14(23)9-21-7-10(15(16,17)18)4-5-13(21)22/h4-7H,3,8-9H2,1-2H3. The number of halogens is 3. The highest BCUT2D eigenvalue weighted by Gasteiger charge is 2.31. The van der Waals surface area contributed by atoms with Crippen molar-refractivity contribution in [3.8, 4) is 0 Å². The topological polar surface area (TPSA) is 68.3 Å². The van der Waals surface area contributed by atoms with Crippen molar-refractivity contribution >= 4 is 5.91 Å². The molecule has 0 N–H and O–H groups in total. The summed E-state index contributed by atoms with van der Waals surface area (Å²) in [5.74, 6) is -0.0648. The molecule has 0 radical (unpaired) electrons. The summed E-state index contributed by atoms with van der Waals surface area (Å²) in [5.41, 5.74) is -0.932. The molecule has 0 saturated heterocycles. The van der Waals surface area contributed by atoms with Gasteiger partial charge in [0, 0.05) is 25.4 Å². The van der Waals surface area contributed by atoms with Gasteiger partial charge in [0.1, 0.15) is 6.54 Å². The molecule has 0 aromatic carbocycles. The highest BCUT2D eigenvalue weighted by atomic mass is 19.4. The van der Waals surface area contributed by atoms with E-state index in [-0.39, 0.29) is 6.54 Å². The first-order chi connectivity index (χ1) is 11.2. The van der Waals surface area contributed by atoms with Crippen LogP contribution in [-0.2, 0) is 30.5 Å². The molecule has 6 nitrogen and oxygen atoms in total. The number of aromatic nitrogens is 2. The Bertz CT molecular complexity index is 780. The molecule has 130 valence electrons. The Hall–Kier alpha value is -2.58. The van der Waals surface area contributed by atoms with E-state index in [9.17, 15) is 22.8 Å². The van der Waals surface area contributed by atoms with Gasteiger partial charge in [-0.3, -0.25) is 9.59 Å². The summed E-state index contributed by atoms with van der Waals surface area (Å²) in [6.45, 7) is 1.52. The number of carbonyl (C=O) groups is 1. The predicted octanol–water partition coefficient (Wildman–Crippen LogP) is 2.08. The van der Waals surface area contributed by atoms with Crippen molar-refractivity contribution in [1.82, 2.24) is 14.6 Å². The van der Waals surface area contributed by atoms with Crippen LogP contribution in [0.15, 0.2) is 33.7 Å². The second-order valence-corrected chi connectivity index (χ2v) is 5.27. The second kappa shape index (κ2) is 6.90. The van der Waals surface area contributed by atoms with Gasteiger partial charge in [-0.25, -0.2) is 0 Å². The SMILES string of the molecule is CCc1cc(CN(C)C(=O)Cn2cc(C(F)(F)F)ccc2=O)on1. The Balaban J connectivity index is 2.09. The zero-order chi connectivity index (χ0) is 17.9. The fraction of sp³-hybridized carbons (Fsp3) is 0.400. The van der Waals surface area contributed by atoms with Crippen molar-refractivity contribution in [3.63, 3.8) is 0 Å². The van der Waals surface area contributed by atoms with E-state index in [0.717, 1.165) is 16.3 Å². The van der Waals surface area contributed by atoms with Crippen LogP contribution in [0, 0.1) is 0 Å². The van der Waals surface area contributed by atoms with Crippen molar-refractivity contribution in [1.29, 1.82) is 0 Å². The van der Waals surface area contributed by atoms with E-state index < -0.39 is 29.8 Å². The van der Waals surface area contributed by atoms with E-state index in [4.69, 9.17) is 4.52 Å². The lowest BCUT2D eigenvalue weighted by Gasteiger charge is -2.17. The van der Waals surface area contributed by atoms with Crippen LogP contribution in [0.5, 0.6) is 0 Å². The minimum atomic E-state index is -4.58. The summed E-state index contributed by atoms with van der Waals surface area (Å²) < 4.78 is 43.9. The van der Waals surface area contributed by atoms with E-state index in [0.29, 0.717) is 24.4 Å². The molecule has 0 fully saturated rings. The third-order valence-electron chi connectivity index (χ3n) is 3.41. The minimum Gasteiger partial charge on any atom is -0.359 e. The average Bonchev–Trinajstić information content (AvgIpc) is 2.95. The summed E-state index contributed by atoms with van der Waals surface area (Å²) in [6, 6.07) is 3.17. The van der Waals surface area contributed by atoms with Crippen molar-refractivity contribution in [2.75, 3.05) is 7.05 Å². The van der Waals surface area contributed by atoms with Gasteiger partial charge >= 0.3 is 6.18 Å². The number of amides is 1. The number of hydrogen-bond acceptors (Lipinski definition) is 4. The molecular formula is C15H16F3N3O3. The summed E-state index contributed by atoms with van der Waals surface area (Å²) >= 11 is 0. The highest BCUT2D eigenvalue weighted by Crippen LogP contribution is 2.28. The lowest BCUT2D eigenvalue weighted by molar-refractivity contribution is -0.138. The molecule has 0 aliphatic rings. The predicted molar refractivity (Wildman–Crippen MR) is 78.1 cm³/mol. The summed E-state index contributed by atoms with van der Waals surface area (Å²) in [6.07, 6.45) is -3.26. The summed E-state index contributed by atoms with van der Waals surface area (Å²) in [4.78, 5) is 25.0. The number of aryl methyl sites for hydroxylation is 1. The van der Waals surface area contributed by atoms with Gasteiger partial charge in [0.05, 0.1) is 17.8 Å². The number of carbonyl (C=O) groups excluding carboxylic acids is 1. The van der Waals surface area contributed by atoms with E-state index in [1.165, 1.54) is 11.9 Å². The van der Waals surface area contributed by atoms with Crippen molar-refractivity contribution in [3.05, 3.63) is 51.8 Å². The van der Waals surface area contributed by atoms with Crippen LogP contribution in [0.3, 0.4) is 0 Å². The van der Waals surface area contributed by atoms with Crippen molar-refractivity contribution < 1.29 is 22.5 Å². The first kappa shape index (κ1) is 17.8. The van der Waals surface area contributed by atoms with E-state index in [1.54, 1.807) is 6.07 Å². The van der Waals surface area contributed by atoms with Gasteiger partial charge in [0.2, 0.25) is 5.91 Å². The van der Waals surface area contributed by atoms with E-state index in [1.807, 2.05) is 6.92 Å². The van der Waals surface area contributed by atoms with Crippen LogP contribution < -0.4 is 5.56 Å². The maximum atomic E-state index is 12.7. The Morgan fingerprint density at radius 1 is 1.38 bits per heavy atom. The third-order valence-corrected chi connectivity index (χ3v) is 3.41. The molecule has 0 saturated carbocycles. The molecule has 9 heteroatoms. The number of hydrogen-bond donors (Lipinski definition) is 0. The molecule has 2 aromatic heterocycles. The summed E-state index contributed by atoms with van der Waals surface area (Å²) in [7, 11) is 1.47. The smallest absolute Gasteiger partial charge is 0.359 e. The van der Waals surface area contributed by atoms with Crippen LogP contribution in [0.4, 0.5) is 13.2 Å². The molecule has 2 aromatic rings. The van der Waals surface area contributed by atoms with Crippen molar-refractivity contribution in [2.24, 2.45) is 0 Å². The van der Waals surface area contributed by atoms with Gasteiger partial charge in [-0.15, -0.1) is 0 Å². The van der Waals surface area contributed by atoms with Crippen LogP contribution >= 0.6 is 0 Å². The summed E-state index contributed by atoms with van der Waals surface area (Å²) in [5, 5.41) is 3.79. The number of nitrogens with zero attached hydrogens (tertiary/aromatic N) is 3. The zero-order valence-corrected chi connectivity index (χ0v) is 13.1. The number of alkyl halides is 3. The highest BCUT2D eigenvalue weighted by molar-refractivity contribution is 5.75. The van der Waals surface area contributed by atoms with Crippen LogP contribution in [0.2, 0.25) is 0 Å². The fourth-order valence-electron chi connectivity index (χ4n) is 2.01. The maximum absolute atomic E-state index is 12.7. The quantitative estimate of drug-likeness (QED) is 0.834. The van der Waals surface area contributed by atoms with E-state index in [2.05, 4.69) is 5.16 Å². The molecule has 0 aliphatic heterocycles. The molecule has 24 heavy (non-hydrogen) atoms. The molecule has 2 heterocycles. The normalized spacial score (nSPS) is 11.5. The number of likely N-dealkylation sites (N-methyl/N-ethyl adjacent to an activating group) is 1. The van der Waals surface area contributed by atoms with E-state index >= 15 is 0 Å². The number of rotatable bonds is 5. The van der Waals surface area contributed by atoms with Gasteiger partial charge in [0.25, 0.3) is 5.56 Å². The Morgan fingerprint density at radius 3 is 2.67 bits per heavy atom. The minimum absolute atomic E-state index is 0.111. The molecule has 2 rings (SSSR count). The lowest BCUT2D eigenvalue weighted by Crippen LogP contribution is -2.33. The molecular weight excluding hydrogens is 327 g/mol. The monoisotopic (exact) mass is 343 g/mol. The Kier molecular flexibility index (Phi) is 5.10. The van der Waals surface area contributed by atoms with Gasteiger partial charge in [-0.05, 0) is 12.5 Å². The zero-order valence-electron chi connectivity index (χ0n) is 13.1. The molecule has 0 bridgehead atoms. The van der Waals surface area contributed by atoms with Gasteiger partial charge in [-0.2, -0.15) is 13.2 Å². The first-order valence-corrected chi connectivity index (χ1v) is 7.17. The molecule has 0 unspecified atom stereocenters. The molecule has 0 aliphatic carbocycles. The Morgan fingerprint density at radius 2 is 2.08 bits per heavy atom. The van der Waals surface area contributed by atoms with Gasteiger partial charge in [0.15, 0.2) is 5.76 Å². The van der Waals surface area contributed by atoms with Crippen molar-refractivity contribution in [2.45, 2.75) is 32.6 Å². The fourth-order valence-corrected chi connectivity index (χ4v) is 2.01. The molecule has 0 spiro atoms. The Labute approximate surface area is 135 Å². The van der Waals surface area contributed by atoms with Crippen LogP contribution in [-0.4, -0.2) is 27.6 Å². The van der Waals surface area contributed by atoms with Crippen LogP contribution in [0.1, 0.15) is 23.9 Å². The average molecular weight is 343 g/mol. The van der Waals surface area contributed by atoms with Gasteiger partial charge < -0.3 is 14.0 Å². The molecule has 1 amide bonds. The van der Waals surface area contributed by atoms with Crippen LogP contribution in [0.25, 0.3) is 0 Å². The largest absolute Gasteiger partial charge is 0.417 e. The number of pyridine rings is 1. The van der Waals surface area contributed by atoms with Gasteiger partial charge in [-0.1, -0.05) is 12.1 Å². The lowest BCUT2D eigenvalue weighted by atomic mass is 10.2. The first-order valence-electron chi connectivity index (χ1n) is 7.17. The second-order valence-electron chi connectivity index (χ2n) is 5.27. The third kappa shape index (κ3) is 4.24.